The third-order valence-corrected chi connectivity index (χ3v) is 5.84. The molecule has 1 saturated carbocycles. The van der Waals surface area contributed by atoms with Crippen LogP contribution in [0.4, 0.5) is 10.1 Å². The highest BCUT2D eigenvalue weighted by Crippen LogP contribution is 2.42. The van der Waals surface area contributed by atoms with Crippen LogP contribution in [0.3, 0.4) is 0 Å². The molecular formula is C20H32FIN4O. The smallest absolute Gasteiger partial charge is 0.191 e. The maximum atomic E-state index is 14.5. The van der Waals surface area contributed by atoms with Crippen LogP contribution in [0.1, 0.15) is 38.2 Å². The van der Waals surface area contributed by atoms with E-state index in [0.29, 0.717) is 30.9 Å². The van der Waals surface area contributed by atoms with Gasteiger partial charge in [-0.15, -0.1) is 24.0 Å². The fourth-order valence-electron chi connectivity index (χ4n) is 3.73. The molecule has 5 nitrogen and oxygen atoms in total. The minimum absolute atomic E-state index is 0. The molecule has 0 radical (unpaired) electrons. The molecule has 27 heavy (non-hydrogen) atoms. The number of halogens is 2. The summed E-state index contributed by atoms with van der Waals surface area (Å²) >= 11 is 0. The number of morpholine rings is 1. The van der Waals surface area contributed by atoms with Crippen molar-refractivity contribution >= 4 is 35.6 Å². The van der Waals surface area contributed by atoms with Gasteiger partial charge < -0.3 is 20.3 Å². The first-order chi connectivity index (χ1) is 12.7. The molecular weight excluding hydrogens is 458 g/mol. The lowest BCUT2D eigenvalue weighted by Gasteiger charge is -2.41. The molecule has 152 valence electrons. The summed E-state index contributed by atoms with van der Waals surface area (Å²) in [7, 11) is 1.77. The van der Waals surface area contributed by atoms with Gasteiger partial charge in [-0.2, -0.15) is 0 Å². The van der Waals surface area contributed by atoms with E-state index in [2.05, 4.69) is 22.5 Å². The third kappa shape index (κ3) is 5.70. The van der Waals surface area contributed by atoms with Crippen LogP contribution in [-0.4, -0.2) is 45.9 Å². The number of hydrogen-bond donors (Lipinski definition) is 2. The molecule has 0 bridgehead atoms. The van der Waals surface area contributed by atoms with Gasteiger partial charge in [0.15, 0.2) is 5.96 Å². The molecule has 1 aromatic rings. The van der Waals surface area contributed by atoms with Crippen LogP contribution in [0.2, 0.25) is 0 Å². The summed E-state index contributed by atoms with van der Waals surface area (Å²) in [6.45, 7) is 6.56. The average Bonchev–Trinajstić information content (AvgIpc) is 2.64. The highest BCUT2D eigenvalue weighted by Gasteiger charge is 2.34. The number of aliphatic imine (C=N–C) groups is 1. The topological polar surface area (TPSA) is 48.9 Å². The summed E-state index contributed by atoms with van der Waals surface area (Å²) in [6.07, 6.45) is 5.12. The van der Waals surface area contributed by atoms with Gasteiger partial charge in [-0.3, -0.25) is 4.99 Å². The Labute approximate surface area is 179 Å². The van der Waals surface area contributed by atoms with Crippen molar-refractivity contribution in [2.45, 2.75) is 39.2 Å². The lowest BCUT2D eigenvalue weighted by Crippen LogP contribution is -2.46. The molecule has 2 N–H and O–H groups in total. The molecule has 7 heteroatoms. The standard InChI is InChI=1S/C20H31FN4O.HI/c1-3-20(7-4-8-20)15-24-19(22-2)23-14-16-5-6-18(17(21)13-16)25-9-11-26-12-10-25;/h5-6,13H,3-4,7-12,14-15H2,1-2H3,(H2,22,23,24);1H. The lowest BCUT2D eigenvalue weighted by atomic mass is 9.67. The van der Waals surface area contributed by atoms with Crippen molar-refractivity contribution in [2.24, 2.45) is 10.4 Å². The van der Waals surface area contributed by atoms with Gasteiger partial charge in [0.05, 0.1) is 18.9 Å². The first-order valence-electron chi connectivity index (χ1n) is 9.71. The molecule has 0 amide bonds. The van der Waals surface area contributed by atoms with Crippen LogP contribution in [0.5, 0.6) is 0 Å². The molecule has 2 fully saturated rings. The Morgan fingerprint density at radius 1 is 1.26 bits per heavy atom. The van der Waals surface area contributed by atoms with E-state index in [1.165, 1.54) is 25.7 Å². The minimum atomic E-state index is -0.173. The molecule has 1 aromatic carbocycles. The molecule has 1 heterocycles. The van der Waals surface area contributed by atoms with Crippen molar-refractivity contribution in [3.05, 3.63) is 29.6 Å². The van der Waals surface area contributed by atoms with Crippen LogP contribution in [0.15, 0.2) is 23.2 Å². The van der Waals surface area contributed by atoms with Gasteiger partial charge in [0.2, 0.25) is 0 Å². The predicted octanol–water partition coefficient (Wildman–Crippen LogP) is 3.53. The van der Waals surface area contributed by atoms with Gasteiger partial charge in [-0.1, -0.05) is 19.4 Å². The van der Waals surface area contributed by atoms with Gasteiger partial charge in [0.25, 0.3) is 0 Å². The van der Waals surface area contributed by atoms with Crippen molar-refractivity contribution in [3.8, 4) is 0 Å². The second-order valence-corrected chi connectivity index (χ2v) is 7.37. The molecule has 0 atom stereocenters. The molecule has 0 spiro atoms. The first kappa shape index (κ1) is 22.2. The van der Waals surface area contributed by atoms with Crippen molar-refractivity contribution in [3.63, 3.8) is 0 Å². The van der Waals surface area contributed by atoms with Crippen molar-refractivity contribution < 1.29 is 9.13 Å². The summed E-state index contributed by atoms with van der Waals surface area (Å²) in [4.78, 5) is 6.33. The molecule has 1 aliphatic carbocycles. The van der Waals surface area contributed by atoms with Gasteiger partial charge in [-0.25, -0.2) is 4.39 Å². The zero-order chi connectivity index (χ0) is 18.4. The molecule has 3 rings (SSSR count). The Kier molecular flexibility index (Phi) is 8.60. The maximum absolute atomic E-state index is 14.5. The fourth-order valence-corrected chi connectivity index (χ4v) is 3.73. The Balaban J connectivity index is 0.00000261. The number of hydrogen-bond acceptors (Lipinski definition) is 3. The Hall–Kier alpha value is -1.09. The zero-order valence-corrected chi connectivity index (χ0v) is 18.7. The summed E-state index contributed by atoms with van der Waals surface area (Å²) in [6, 6.07) is 5.46. The fraction of sp³-hybridized carbons (Fsp3) is 0.650. The lowest BCUT2D eigenvalue weighted by molar-refractivity contribution is 0.122. The van der Waals surface area contributed by atoms with E-state index in [4.69, 9.17) is 4.74 Å². The number of ether oxygens (including phenoxy) is 1. The normalized spacial score (nSPS) is 19.1. The van der Waals surface area contributed by atoms with Crippen molar-refractivity contribution in [1.29, 1.82) is 0 Å². The summed E-state index contributed by atoms with van der Waals surface area (Å²) < 4.78 is 19.8. The molecule has 0 aromatic heterocycles. The molecule has 0 unspecified atom stereocenters. The van der Waals surface area contributed by atoms with Gasteiger partial charge in [-0.05, 0) is 42.4 Å². The van der Waals surface area contributed by atoms with E-state index in [1.54, 1.807) is 13.1 Å². The van der Waals surface area contributed by atoms with Crippen LogP contribution in [0.25, 0.3) is 0 Å². The molecule has 1 aliphatic heterocycles. The SMILES string of the molecule is CCC1(CNC(=NC)NCc2ccc(N3CCOCC3)c(F)c2)CCC1.I. The molecule has 1 saturated heterocycles. The van der Waals surface area contributed by atoms with E-state index in [0.717, 1.165) is 31.2 Å². The Morgan fingerprint density at radius 3 is 2.56 bits per heavy atom. The second kappa shape index (κ2) is 10.5. The average molecular weight is 490 g/mol. The number of anilines is 1. The summed E-state index contributed by atoms with van der Waals surface area (Å²) in [5, 5.41) is 6.73. The van der Waals surface area contributed by atoms with E-state index in [1.807, 2.05) is 17.0 Å². The number of nitrogens with zero attached hydrogens (tertiary/aromatic N) is 2. The molecule has 2 aliphatic rings. The largest absolute Gasteiger partial charge is 0.378 e. The quantitative estimate of drug-likeness (QED) is 0.364. The van der Waals surface area contributed by atoms with Gasteiger partial charge in [0, 0.05) is 33.2 Å². The number of rotatable bonds is 6. The van der Waals surface area contributed by atoms with Crippen LogP contribution >= 0.6 is 24.0 Å². The third-order valence-electron chi connectivity index (χ3n) is 5.84. The summed E-state index contributed by atoms with van der Waals surface area (Å²) in [5.41, 5.74) is 2.01. The zero-order valence-electron chi connectivity index (χ0n) is 16.4. The second-order valence-electron chi connectivity index (χ2n) is 7.37. The van der Waals surface area contributed by atoms with Crippen LogP contribution < -0.4 is 15.5 Å². The van der Waals surface area contributed by atoms with Crippen LogP contribution in [0, 0.1) is 11.2 Å². The Bertz CT molecular complexity index is 625. The number of guanidine groups is 1. The minimum Gasteiger partial charge on any atom is -0.378 e. The van der Waals surface area contributed by atoms with E-state index in [9.17, 15) is 4.39 Å². The van der Waals surface area contributed by atoms with Gasteiger partial charge >= 0.3 is 0 Å². The number of nitrogens with one attached hydrogen (secondary N) is 2. The van der Waals surface area contributed by atoms with E-state index in [-0.39, 0.29) is 29.8 Å². The van der Waals surface area contributed by atoms with E-state index < -0.39 is 0 Å². The first-order valence-corrected chi connectivity index (χ1v) is 9.71. The number of benzene rings is 1. The van der Waals surface area contributed by atoms with E-state index >= 15 is 0 Å². The highest BCUT2D eigenvalue weighted by atomic mass is 127. The highest BCUT2D eigenvalue weighted by molar-refractivity contribution is 14.0. The van der Waals surface area contributed by atoms with Crippen molar-refractivity contribution in [1.82, 2.24) is 10.6 Å². The predicted molar refractivity (Wildman–Crippen MR) is 120 cm³/mol. The van der Waals surface area contributed by atoms with Gasteiger partial charge in [0.1, 0.15) is 5.82 Å². The van der Waals surface area contributed by atoms with Crippen LogP contribution in [-0.2, 0) is 11.3 Å². The van der Waals surface area contributed by atoms with Crippen molar-refractivity contribution in [2.75, 3.05) is 44.8 Å². The Morgan fingerprint density at radius 2 is 2.00 bits per heavy atom. The maximum Gasteiger partial charge on any atom is 0.191 e. The monoisotopic (exact) mass is 490 g/mol. The summed E-state index contributed by atoms with van der Waals surface area (Å²) in [5.74, 6) is 0.607.